The van der Waals surface area contributed by atoms with Gasteiger partial charge in [-0.15, -0.1) is 0 Å². The molecule has 1 aromatic heterocycles. The molecule has 1 unspecified atom stereocenters. The van der Waals surface area contributed by atoms with Gasteiger partial charge in [-0.1, -0.05) is 18.2 Å². The zero-order valence-corrected chi connectivity index (χ0v) is 13.2. The Morgan fingerprint density at radius 2 is 2.17 bits per heavy atom. The Kier molecular flexibility index (Phi) is 4.88. The van der Waals surface area contributed by atoms with Crippen molar-refractivity contribution in [1.82, 2.24) is 4.98 Å². The SMILES string of the molecule is CN(C(=O)c1cc(NCC2CCCO2)ccn1)c1ccccc1. The lowest BCUT2D eigenvalue weighted by molar-refractivity contribution is 0.0988. The van der Waals surface area contributed by atoms with E-state index in [0.717, 1.165) is 37.4 Å². The number of para-hydroxylation sites is 1. The van der Waals surface area contributed by atoms with Crippen LogP contribution in [0.4, 0.5) is 11.4 Å². The number of pyridine rings is 1. The number of hydrogen-bond donors (Lipinski definition) is 1. The molecule has 1 aliphatic rings. The molecule has 1 fully saturated rings. The predicted molar refractivity (Wildman–Crippen MR) is 90.9 cm³/mol. The van der Waals surface area contributed by atoms with Crippen LogP contribution < -0.4 is 10.2 Å². The second-order valence-electron chi connectivity index (χ2n) is 5.65. The molecule has 0 bridgehead atoms. The summed E-state index contributed by atoms with van der Waals surface area (Å²) in [6.45, 7) is 1.60. The first kappa shape index (κ1) is 15.5. The lowest BCUT2D eigenvalue weighted by Crippen LogP contribution is -2.27. The minimum atomic E-state index is -0.128. The first-order valence-electron chi connectivity index (χ1n) is 7.88. The molecule has 1 amide bonds. The summed E-state index contributed by atoms with van der Waals surface area (Å²) in [7, 11) is 1.76. The number of hydrogen-bond acceptors (Lipinski definition) is 4. The number of benzene rings is 1. The lowest BCUT2D eigenvalue weighted by atomic mass is 10.2. The fraction of sp³-hybridized carbons (Fsp3) is 0.333. The normalized spacial score (nSPS) is 17.0. The molecule has 120 valence electrons. The van der Waals surface area contributed by atoms with Gasteiger partial charge in [0, 0.05) is 37.8 Å². The van der Waals surface area contributed by atoms with Crippen LogP contribution in [0.1, 0.15) is 23.3 Å². The van der Waals surface area contributed by atoms with Crippen LogP contribution in [0.3, 0.4) is 0 Å². The second kappa shape index (κ2) is 7.24. The Morgan fingerprint density at radius 3 is 2.91 bits per heavy atom. The highest BCUT2D eigenvalue weighted by Gasteiger charge is 2.17. The smallest absolute Gasteiger partial charge is 0.276 e. The molecule has 3 rings (SSSR count). The van der Waals surface area contributed by atoms with Gasteiger partial charge in [-0.05, 0) is 37.1 Å². The van der Waals surface area contributed by atoms with E-state index in [1.54, 1.807) is 24.2 Å². The van der Waals surface area contributed by atoms with E-state index in [1.807, 2.05) is 36.4 Å². The number of nitrogens with one attached hydrogen (secondary N) is 1. The molecule has 5 nitrogen and oxygen atoms in total. The van der Waals surface area contributed by atoms with Crippen molar-refractivity contribution in [3.63, 3.8) is 0 Å². The topological polar surface area (TPSA) is 54.5 Å². The van der Waals surface area contributed by atoms with Gasteiger partial charge in [0.05, 0.1) is 6.10 Å². The summed E-state index contributed by atoms with van der Waals surface area (Å²) >= 11 is 0. The van der Waals surface area contributed by atoms with Gasteiger partial charge in [-0.25, -0.2) is 0 Å². The van der Waals surface area contributed by atoms with Gasteiger partial charge in [-0.3, -0.25) is 9.78 Å². The quantitative estimate of drug-likeness (QED) is 0.922. The minimum absolute atomic E-state index is 0.128. The molecule has 1 N–H and O–H groups in total. The van der Waals surface area contributed by atoms with E-state index in [9.17, 15) is 4.79 Å². The molecule has 1 aromatic carbocycles. The molecular weight excluding hydrogens is 290 g/mol. The van der Waals surface area contributed by atoms with Crippen molar-refractivity contribution < 1.29 is 9.53 Å². The van der Waals surface area contributed by atoms with Crippen LogP contribution in [-0.2, 0) is 4.74 Å². The molecule has 1 aliphatic heterocycles. The van der Waals surface area contributed by atoms with Gasteiger partial charge < -0.3 is 15.0 Å². The third-order valence-corrected chi connectivity index (χ3v) is 3.99. The van der Waals surface area contributed by atoms with Gasteiger partial charge in [0.15, 0.2) is 0 Å². The number of nitrogens with zero attached hydrogens (tertiary/aromatic N) is 2. The molecule has 1 atom stereocenters. The maximum atomic E-state index is 12.6. The third kappa shape index (κ3) is 3.87. The molecule has 0 spiro atoms. The van der Waals surface area contributed by atoms with Crippen molar-refractivity contribution in [1.29, 1.82) is 0 Å². The summed E-state index contributed by atoms with van der Waals surface area (Å²) in [5.74, 6) is -0.128. The van der Waals surface area contributed by atoms with Crippen molar-refractivity contribution in [2.24, 2.45) is 0 Å². The summed E-state index contributed by atoms with van der Waals surface area (Å²) in [6, 6.07) is 13.2. The van der Waals surface area contributed by atoms with Crippen molar-refractivity contribution >= 4 is 17.3 Å². The van der Waals surface area contributed by atoms with E-state index in [1.165, 1.54) is 0 Å². The van der Waals surface area contributed by atoms with Crippen molar-refractivity contribution in [3.8, 4) is 0 Å². The van der Waals surface area contributed by atoms with E-state index in [4.69, 9.17) is 4.74 Å². The molecular formula is C18H21N3O2. The summed E-state index contributed by atoms with van der Waals surface area (Å²) in [5, 5.41) is 3.32. The Hall–Kier alpha value is -2.40. The number of ether oxygens (including phenoxy) is 1. The molecule has 23 heavy (non-hydrogen) atoms. The van der Waals surface area contributed by atoms with Gasteiger partial charge in [-0.2, -0.15) is 0 Å². The highest BCUT2D eigenvalue weighted by molar-refractivity contribution is 6.04. The Labute approximate surface area is 136 Å². The molecule has 2 aromatic rings. The summed E-state index contributed by atoms with van der Waals surface area (Å²) in [4.78, 5) is 18.4. The van der Waals surface area contributed by atoms with Crippen LogP contribution in [0.2, 0.25) is 0 Å². The maximum absolute atomic E-state index is 12.6. The fourth-order valence-electron chi connectivity index (χ4n) is 2.64. The van der Waals surface area contributed by atoms with E-state index in [-0.39, 0.29) is 12.0 Å². The third-order valence-electron chi connectivity index (χ3n) is 3.99. The second-order valence-corrected chi connectivity index (χ2v) is 5.65. The molecule has 5 heteroatoms. The highest BCUT2D eigenvalue weighted by atomic mass is 16.5. The largest absolute Gasteiger partial charge is 0.382 e. The van der Waals surface area contributed by atoms with Crippen LogP contribution in [0, 0.1) is 0 Å². The van der Waals surface area contributed by atoms with Crippen LogP contribution in [0.15, 0.2) is 48.7 Å². The summed E-state index contributed by atoms with van der Waals surface area (Å²) in [6.07, 6.45) is 4.12. The molecule has 2 heterocycles. The lowest BCUT2D eigenvalue weighted by Gasteiger charge is -2.17. The maximum Gasteiger partial charge on any atom is 0.276 e. The first-order valence-corrected chi connectivity index (χ1v) is 7.88. The minimum Gasteiger partial charge on any atom is -0.382 e. The van der Waals surface area contributed by atoms with Gasteiger partial charge in [0.25, 0.3) is 5.91 Å². The standard InChI is InChI=1S/C18H21N3O2/c1-21(15-6-3-2-4-7-15)18(22)17-12-14(9-10-19-17)20-13-16-8-5-11-23-16/h2-4,6-7,9-10,12,16H,5,8,11,13H2,1H3,(H,19,20). The van der Waals surface area contributed by atoms with Crippen LogP contribution in [0.5, 0.6) is 0 Å². The zero-order chi connectivity index (χ0) is 16.1. The van der Waals surface area contributed by atoms with Crippen LogP contribution >= 0.6 is 0 Å². The molecule has 1 saturated heterocycles. The zero-order valence-electron chi connectivity index (χ0n) is 13.2. The van der Waals surface area contributed by atoms with E-state index >= 15 is 0 Å². The van der Waals surface area contributed by atoms with Crippen molar-refractivity contribution in [2.45, 2.75) is 18.9 Å². The number of carbonyl (C=O) groups excluding carboxylic acids is 1. The summed E-state index contributed by atoms with van der Waals surface area (Å²) in [5.41, 5.74) is 2.16. The van der Waals surface area contributed by atoms with Gasteiger partial charge in [0.1, 0.15) is 5.69 Å². The number of amides is 1. The predicted octanol–water partition coefficient (Wildman–Crippen LogP) is 2.95. The van der Waals surface area contributed by atoms with Gasteiger partial charge in [0.2, 0.25) is 0 Å². The average molecular weight is 311 g/mol. The first-order chi connectivity index (χ1) is 11.2. The highest BCUT2D eigenvalue weighted by Crippen LogP contribution is 2.17. The molecule has 0 aliphatic carbocycles. The average Bonchev–Trinajstić information content (AvgIpc) is 3.13. The van der Waals surface area contributed by atoms with Crippen LogP contribution in [-0.4, -0.2) is 37.2 Å². The van der Waals surface area contributed by atoms with Crippen molar-refractivity contribution in [2.75, 3.05) is 30.4 Å². The summed E-state index contributed by atoms with van der Waals surface area (Å²) < 4.78 is 5.60. The Bertz CT molecular complexity index is 654. The van der Waals surface area contributed by atoms with E-state index < -0.39 is 0 Å². The van der Waals surface area contributed by atoms with Gasteiger partial charge >= 0.3 is 0 Å². The monoisotopic (exact) mass is 311 g/mol. The fourth-order valence-corrected chi connectivity index (χ4v) is 2.64. The number of anilines is 2. The molecule has 0 radical (unpaired) electrons. The van der Waals surface area contributed by atoms with Crippen LogP contribution in [0.25, 0.3) is 0 Å². The number of carbonyl (C=O) groups is 1. The number of aromatic nitrogens is 1. The Balaban J connectivity index is 1.67. The Morgan fingerprint density at radius 1 is 1.35 bits per heavy atom. The molecule has 0 saturated carbocycles. The van der Waals surface area contributed by atoms with E-state index in [0.29, 0.717) is 5.69 Å². The van der Waals surface area contributed by atoms with Crippen molar-refractivity contribution in [3.05, 3.63) is 54.4 Å². The number of rotatable bonds is 5. The van der Waals surface area contributed by atoms with E-state index in [2.05, 4.69) is 10.3 Å².